The predicted molar refractivity (Wildman–Crippen MR) is 282 cm³/mol. The lowest BCUT2D eigenvalue weighted by molar-refractivity contribution is 1.18. The number of aryl methyl sites for hydroxylation is 2. The third-order valence-corrected chi connectivity index (χ3v) is 13.4. The van der Waals surface area contributed by atoms with Crippen molar-refractivity contribution in [2.75, 3.05) is 4.90 Å². The predicted octanol–water partition coefficient (Wildman–Crippen LogP) is 17.8. The third-order valence-electron chi connectivity index (χ3n) is 13.4. The van der Waals surface area contributed by atoms with Crippen LogP contribution in [0.1, 0.15) is 11.1 Å². The summed E-state index contributed by atoms with van der Waals surface area (Å²) in [5.41, 5.74) is 19.1. The van der Waals surface area contributed by atoms with Gasteiger partial charge in [-0.2, -0.15) is 0 Å². The van der Waals surface area contributed by atoms with Crippen molar-refractivity contribution in [3.63, 3.8) is 0 Å². The second-order valence-corrected chi connectivity index (χ2v) is 17.4. The van der Waals surface area contributed by atoms with Gasteiger partial charge in [0.15, 0.2) is 0 Å². The van der Waals surface area contributed by atoms with E-state index in [9.17, 15) is 0 Å². The van der Waals surface area contributed by atoms with Crippen molar-refractivity contribution < 1.29 is 0 Å². The van der Waals surface area contributed by atoms with Gasteiger partial charge < -0.3 is 9.47 Å². The SMILES string of the molecule is Cc1cc(-c2cccc(-n3c4ccccc4c4ccccc43)c2)cc(C)c1N(c1ccc(-c2ccc(-c3cccc4ccccc34)cc2)cc1)c1ccc(-c2cccc3ccccc23)cc1. The van der Waals surface area contributed by atoms with Crippen molar-refractivity contribution in [1.29, 1.82) is 0 Å². The van der Waals surface area contributed by atoms with E-state index in [1.807, 2.05) is 0 Å². The van der Waals surface area contributed by atoms with Crippen LogP contribution in [0.15, 0.2) is 243 Å². The monoisotopic (exact) mass is 842 g/mol. The zero-order valence-corrected chi connectivity index (χ0v) is 37.0. The van der Waals surface area contributed by atoms with Crippen molar-refractivity contribution in [3.05, 3.63) is 254 Å². The number of anilines is 3. The molecule has 0 radical (unpaired) electrons. The summed E-state index contributed by atoms with van der Waals surface area (Å²) in [6, 6.07) is 88.7. The summed E-state index contributed by atoms with van der Waals surface area (Å²) in [4.78, 5) is 2.43. The van der Waals surface area contributed by atoms with Gasteiger partial charge in [-0.25, -0.2) is 0 Å². The van der Waals surface area contributed by atoms with Crippen LogP contribution in [0, 0.1) is 13.8 Å². The van der Waals surface area contributed by atoms with E-state index in [0.717, 1.165) is 17.1 Å². The molecular weight excluding hydrogens is 797 g/mol. The first-order valence-electron chi connectivity index (χ1n) is 22.8. The normalized spacial score (nSPS) is 11.5. The van der Waals surface area contributed by atoms with Gasteiger partial charge in [0, 0.05) is 27.8 Å². The first-order chi connectivity index (χ1) is 32.6. The van der Waals surface area contributed by atoms with Gasteiger partial charge in [0.2, 0.25) is 0 Å². The minimum absolute atomic E-state index is 1.11. The smallest absolute Gasteiger partial charge is 0.0541 e. The molecule has 0 aliphatic rings. The summed E-state index contributed by atoms with van der Waals surface area (Å²) >= 11 is 0. The maximum Gasteiger partial charge on any atom is 0.0541 e. The molecule has 0 bridgehead atoms. The molecule has 2 nitrogen and oxygen atoms in total. The topological polar surface area (TPSA) is 8.17 Å². The van der Waals surface area contributed by atoms with Crippen molar-refractivity contribution in [1.82, 2.24) is 4.57 Å². The molecule has 0 saturated heterocycles. The third kappa shape index (κ3) is 6.83. The molecule has 0 N–H and O–H groups in total. The molecule has 0 aliphatic carbocycles. The molecule has 11 aromatic carbocycles. The number of benzene rings is 11. The average Bonchev–Trinajstić information content (AvgIpc) is 3.72. The Morgan fingerprint density at radius 2 is 0.712 bits per heavy atom. The van der Waals surface area contributed by atoms with E-state index < -0.39 is 0 Å². The average molecular weight is 843 g/mol. The highest BCUT2D eigenvalue weighted by Gasteiger charge is 2.20. The lowest BCUT2D eigenvalue weighted by atomic mass is 9.95. The highest BCUT2D eigenvalue weighted by Crippen LogP contribution is 2.43. The molecule has 0 unspecified atom stereocenters. The molecule has 12 aromatic rings. The molecule has 1 heterocycles. The summed E-state index contributed by atoms with van der Waals surface area (Å²) in [7, 11) is 0. The van der Waals surface area contributed by atoms with E-state index in [1.165, 1.54) is 105 Å². The lowest BCUT2D eigenvalue weighted by Gasteiger charge is -2.29. The van der Waals surface area contributed by atoms with Gasteiger partial charge >= 0.3 is 0 Å². The minimum atomic E-state index is 1.11. The molecular formula is C64H46N2. The van der Waals surface area contributed by atoms with Crippen molar-refractivity contribution in [3.8, 4) is 50.2 Å². The van der Waals surface area contributed by atoms with Crippen molar-refractivity contribution >= 4 is 60.4 Å². The van der Waals surface area contributed by atoms with Crippen molar-refractivity contribution in [2.24, 2.45) is 0 Å². The van der Waals surface area contributed by atoms with E-state index in [4.69, 9.17) is 0 Å². The van der Waals surface area contributed by atoms with Crippen LogP contribution in [0.4, 0.5) is 17.1 Å². The number of rotatable bonds is 8. The largest absolute Gasteiger partial charge is 0.310 e. The highest BCUT2D eigenvalue weighted by atomic mass is 15.1. The number of para-hydroxylation sites is 2. The number of fused-ring (bicyclic) bond motifs is 5. The maximum absolute atomic E-state index is 2.43. The molecule has 0 spiro atoms. The number of hydrogen-bond acceptors (Lipinski definition) is 1. The maximum atomic E-state index is 2.43. The summed E-state index contributed by atoms with van der Waals surface area (Å²) in [6.07, 6.45) is 0. The van der Waals surface area contributed by atoms with Crippen LogP contribution < -0.4 is 4.90 Å². The summed E-state index contributed by atoms with van der Waals surface area (Å²) in [5.74, 6) is 0. The molecule has 12 rings (SSSR count). The fraction of sp³-hybridized carbons (Fsp3) is 0.0312. The van der Waals surface area contributed by atoms with Gasteiger partial charge in [0.1, 0.15) is 0 Å². The van der Waals surface area contributed by atoms with Crippen LogP contribution in [0.25, 0.3) is 93.5 Å². The van der Waals surface area contributed by atoms with Crippen LogP contribution in [0.5, 0.6) is 0 Å². The van der Waals surface area contributed by atoms with E-state index in [0.29, 0.717) is 0 Å². The van der Waals surface area contributed by atoms with Gasteiger partial charge in [-0.3, -0.25) is 0 Å². The molecule has 312 valence electrons. The Hall–Kier alpha value is -8.46. The van der Waals surface area contributed by atoms with Gasteiger partial charge in [-0.05, 0) is 152 Å². The van der Waals surface area contributed by atoms with Gasteiger partial charge in [-0.15, -0.1) is 0 Å². The fourth-order valence-corrected chi connectivity index (χ4v) is 10.3. The quantitative estimate of drug-likeness (QED) is 0.148. The molecule has 1 aromatic heterocycles. The second kappa shape index (κ2) is 16.3. The number of hydrogen-bond donors (Lipinski definition) is 0. The van der Waals surface area contributed by atoms with Gasteiger partial charge in [0.25, 0.3) is 0 Å². The Balaban J connectivity index is 0.929. The van der Waals surface area contributed by atoms with Crippen LogP contribution >= 0.6 is 0 Å². The first-order valence-corrected chi connectivity index (χ1v) is 22.8. The molecule has 2 heteroatoms. The van der Waals surface area contributed by atoms with Gasteiger partial charge in [-0.1, -0.05) is 182 Å². The number of nitrogens with zero attached hydrogens (tertiary/aromatic N) is 2. The van der Waals surface area contributed by atoms with Crippen LogP contribution in [0.3, 0.4) is 0 Å². The van der Waals surface area contributed by atoms with Crippen LogP contribution in [0.2, 0.25) is 0 Å². The molecule has 0 fully saturated rings. The summed E-state index contributed by atoms with van der Waals surface area (Å²) in [5, 5.41) is 7.57. The van der Waals surface area contributed by atoms with Crippen LogP contribution in [-0.2, 0) is 0 Å². The minimum Gasteiger partial charge on any atom is -0.310 e. The Bertz CT molecular complexity index is 3670. The number of aromatic nitrogens is 1. The Labute approximate surface area is 385 Å². The first kappa shape index (κ1) is 39.2. The highest BCUT2D eigenvalue weighted by molar-refractivity contribution is 6.09. The van der Waals surface area contributed by atoms with Crippen LogP contribution in [-0.4, -0.2) is 4.57 Å². The zero-order chi connectivity index (χ0) is 44.1. The second-order valence-electron chi connectivity index (χ2n) is 17.4. The van der Waals surface area contributed by atoms with Gasteiger partial charge in [0.05, 0.1) is 16.7 Å². The summed E-state index contributed by atoms with van der Waals surface area (Å²) in [6.45, 7) is 4.51. The van der Waals surface area contributed by atoms with Crippen molar-refractivity contribution in [2.45, 2.75) is 13.8 Å². The molecule has 0 aliphatic heterocycles. The fourth-order valence-electron chi connectivity index (χ4n) is 10.3. The van der Waals surface area contributed by atoms with E-state index in [2.05, 4.69) is 266 Å². The Morgan fingerprint density at radius 3 is 1.24 bits per heavy atom. The Kier molecular flexibility index (Phi) is 9.65. The van der Waals surface area contributed by atoms with E-state index in [1.54, 1.807) is 0 Å². The zero-order valence-electron chi connectivity index (χ0n) is 37.0. The molecule has 0 saturated carbocycles. The standard InChI is InChI=1S/C64H46N2/c1-43-40-52(51-18-11-19-55(42-51)66-62-26-9-7-22-60(62)61-23-8-10-27-63(61)66)41-44(2)64(43)65(54-38-34-50(35-39-54)59-25-13-17-48-15-4-6-21-57(48)59)53-36-32-46(33-37-53)45-28-30-49(31-29-45)58-24-12-16-47-14-3-5-20-56(47)58/h3-42H,1-2H3. The Morgan fingerprint density at radius 1 is 0.303 bits per heavy atom. The van der Waals surface area contributed by atoms with E-state index >= 15 is 0 Å². The molecule has 0 amide bonds. The lowest BCUT2D eigenvalue weighted by Crippen LogP contribution is -2.13. The summed E-state index contributed by atoms with van der Waals surface area (Å²) < 4.78 is 2.40. The molecule has 66 heavy (non-hydrogen) atoms. The molecule has 0 atom stereocenters. The van der Waals surface area contributed by atoms with E-state index in [-0.39, 0.29) is 0 Å².